The maximum Gasteiger partial charge on any atom is 0.304 e. The van der Waals surface area contributed by atoms with E-state index in [0.29, 0.717) is 6.67 Å². The lowest BCUT2D eigenvalue weighted by Gasteiger charge is -2.37. The minimum Gasteiger partial charge on any atom is -0.481 e. The third-order valence-electron chi connectivity index (χ3n) is 2.53. The predicted octanol–water partition coefficient (Wildman–Crippen LogP) is 0.985. The molecule has 0 aromatic carbocycles. The molecule has 0 bridgehead atoms. The number of aliphatic carboxylic acids is 1. The van der Waals surface area contributed by atoms with E-state index in [1.165, 1.54) is 0 Å². The van der Waals surface area contributed by atoms with Gasteiger partial charge in [-0.05, 0) is 12.8 Å². The molecule has 1 aliphatic heterocycles. The van der Waals surface area contributed by atoms with Crippen LogP contribution in [-0.4, -0.2) is 40.5 Å². The summed E-state index contributed by atoms with van der Waals surface area (Å²) in [4.78, 5) is 12.6. The fraction of sp³-hybridized carbons (Fsp3) is 0.875. The lowest BCUT2D eigenvalue weighted by molar-refractivity contribution is -0.137. The fourth-order valence-electron chi connectivity index (χ4n) is 1.61. The first-order valence-electron chi connectivity index (χ1n) is 4.42. The van der Waals surface area contributed by atoms with Crippen LogP contribution in [0.1, 0.15) is 19.3 Å². The molecule has 4 nitrogen and oxygen atoms in total. The molecular formula is C8H18Cl2N2O2S. The van der Waals surface area contributed by atoms with Crippen molar-refractivity contribution in [2.75, 3.05) is 19.8 Å². The average Bonchev–Trinajstić information content (AvgIpc) is 2.04. The second-order valence-corrected chi connectivity index (χ2v) is 4.54. The molecule has 0 saturated carbocycles. The molecular weight excluding hydrogens is 259 g/mol. The van der Waals surface area contributed by atoms with Crippen LogP contribution < -0.4 is 5.73 Å². The van der Waals surface area contributed by atoms with E-state index in [-0.39, 0.29) is 36.0 Å². The molecule has 1 rings (SSSR count). The van der Waals surface area contributed by atoms with Gasteiger partial charge in [0.05, 0.1) is 6.42 Å². The van der Waals surface area contributed by atoms with E-state index >= 15 is 0 Å². The van der Waals surface area contributed by atoms with Crippen LogP contribution in [0.4, 0.5) is 0 Å². The van der Waals surface area contributed by atoms with Crippen molar-refractivity contribution in [1.29, 1.82) is 0 Å². The van der Waals surface area contributed by atoms with Gasteiger partial charge in [0.25, 0.3) is 0 Å². The molecule has 15 heavy (non-hydrogen) atoms. The molecule has 7 heteroatoms. The van der Waals surface area contributed by atoms with E-state index in [0.717, 1.165) is 25.9 Å². The maximum atomic E-state index is 10.5. The van der Waals surface area contributed by atoms with Gasteiger partial charge in [-0.25, -0.2) is 0 Å². The molecule has 1 heterocycles. The number of rotatable bonds is 3. The van der Waals surface area contributed by atoms with Crippen LogP contribution in [0.15, 0.2) is 0 Å². The molecule has 0 aliphatic carbocycles. The minimum atomic E-state index is -0.767. The predicted molar refractivity (Wildman–Crippen MR) is 68.3 cm³/mol. The lowest BCUT2D eigenvalue weighted by Crippen LogP contribution is -2.44. The van der Waals surface area contributed by atoms with Gasteiger partial charge in [0, 0.05) is 24.5 Å². The molecule has 0 unspecified atom stereocenters. The summed E-state index contributed by atoms with van der Waals surface area (Å²) < 4.78 is -0.322. The molecule has 1 aliphatic rings. The Morgan fingerprint density at radius 1 is 1.40 bits per heavy atom. The molecule has 1 saturated heterocycles. The standard InChI is InChI=1S/C8H16N2O2S.2ClH/c9-6-10-3-1-8(13,2-4-10)5-7(11)12;;/h13H,1-6,9H2,(H,11,12);2*1H. The number of hydrogen-bond donors (Lipinski definition) is 3. The quantitative estimate of drug-likeness (QED) is 0.673. The molecule has 0 atom stereocenters. The van der Waals surface area contributed by atoms with Gasteiger partial charge in [0.2, 0.25) is 0 Å². The summed E-state index contributed by atoms with van der Waals surface area (Å²) in [6, 6.07) is 0. The van der Waals surface area contributed by atoms with Crippen LogP contribution in [-0.2, 0) is 4.79 Å². The summed E-state index contributed by atoms with van der Waals surface area (Å²) in [5.41, 5.74) is 5.48. The Balaban J connectivity index is 0. The normalized spacial score (nSPS) is 19.9. The molecule has 1 fully saturated rings. The third-order valence-corrected chi connectivity index (χ3v) is 3.13. The maximum absolute atomic E-state index is 10.5. The average molecular weight is 277 g/mol. The van der Waals surface area contributed by atoms with Gasteiger partial charge >= 0.3 is 5.97 Å². The first-order valence-corrected chi connectivity index (χ1v) is 4.87. The zero-order valence-electron chi connectivity index (χ0n) is 8.39. The first kappa shape index (κ1) is 17.7. The topological polar surface area (TPSA) is 66.6 Å². The molecule has 0 spiro atoms. The molecule has 0 aromatic heterocycles. The number of piperidine rings is 1. The van der Waals surface area contributed by atoms with Crippen LogP contribution in [0.3, 0.4) is 0 Å². The van der Waals surface area contributed by atoms with E-state index in [1.54, 1.807) is 0 Å². The van der Waals surface area contributed by atoms with Crippen LogP contribution >= 0.6 is 37.4 Å². The van der Waals surface area contributed by atoms with Gasteiger partial charge in [-0.2, -0.15) is 12.6 Å². The highest BCUT2D eigenvalue weighted by Crippen LogP contribution is 2.31. The second-order valence-electron chi connectivity index (χ2n) is 3.60. The Hall–Kier alpha value is 0.320. The van der Waals surface area contributed by atoms with Crippen molar-refractivity contribution in [3.05, 3.63) is 0 Å². The van der Waals surface area contributed by atoms with Gasteiger partial charge in [-0.1, -0.05) is 0 Å². The number of hydrogen-bond acceptors (Lipinski definition) is 4. The smallest absolute Gasteiger partial charge is 0.304 e. The van der Waals surface area contributed by atoms with Gasteiger partial charge in [0.15, 0.2) is 0 Å². The SMILES string of the molecule is Cl.Cl.NCN1CCC(S)(CC(=O)O)CC1. The Morgan fingerprint density at radius 3 is 2.20 bits per heavy atom. The zero-order chi connectivity index (χ0) is 9.90. The van der Waals surface area contributed by atoms with Crippen molar-refractivity contribution < 1.29 is 9.90 Å². The highest BCUT2D eigenvalue weighted by atomic mass is 35.5. The van der Waals surface area contributed by atoms with E-state index in [2.05, 4.69) is 17.5 Å². The zero-order valence-corrected chi connectivity index (χ0v) is 10.9. The number of nitrogens with two attached hydrogens (primary N) is 1. The number of carbonyl (C=O) groups is 1. The van der Waals surface area contributed by atoms with Crippen molar-refractivity contribution in [1.82, 2.24) is 4.90 Å². The summed E-state index contributed by atoms with van der Waals surface area (Å²) in [5.74, 6) is -0.767. The van der Waals surface area contributed by atoms with Crippen molar-refractivity contribution in [3.8, 4) is 0 Å². The molecule has 0 aromatic rings. The number of nitrogens with zero attached hydrogens (tertiary/aromatic N) is 1. The molecule has 0 radical (unpaired) electrons. The van der Waals surface area contributed by atoms with Crippen molar-refractivity contribution in [2.24, 2.45) is 5.73 Å². The Kier molecular flexibility index (Phi) is 8.94. The number of likely N-dealkylation sites (tertiary alicyclic amines) is 1. The Labute approximate surface area is 108 Å². The van der Waals surface area contributed by atoms with E-state index in [1.807, 2.05) is 0 Å². The summed E-state index contributed by atoms with van der Waals surface area (Å²) in [6.45, 7) is 2.26. The van der Waals surface area contributed by atoms with E-state index in [9.17, 15) is 4.79 Å². The summed E-state index contributed by atoms with van der Waals surface area (Å²) >= 11 is 4.42. The highest BCUT2D eigenvalue weighted by Gasteiger charge is 2.32. The van der Waals surface area contributed by atoms with Crippen LogP contribution in [0.5, 0.6) is 0 Å². The lowest BCUT2D eigenvalue weighted by atomic mass is 9.92. The van der Waals surface area contributed by atoms with Crippen molar-refractivity contribution in [2.45, 2.75) is 24.0 Å². The summed E-state index contributed by atoms with van der Waals surface area (Å²) in [5, 5.41) is 8.67. The number of carboxylic acid groups (broad SMARTS) is 1. The van der Waals surface area contributed by atoms with Crippen LogP contribution in [0.2, 0.25) is 0 Å². The van der Waals surface area contributed by atoms with Crippen LogP contribution in [0, 0.1) is 0 Å². The van der Waals surface area contributed by atoms with Gasteiger partial charge in [0.1, 0.15) is 0 Å². The second kappa shape index (κ2) is 7.57. The Morgan fingerprint density at radius 2 is 1.87 bits per heavy atom. The van der Waals surface area contributed by atoms with E-state index in [4.69, 9.17) is 10.8 Å². The first-order chi connectivity index (χ1) is 6.06. The monoisotopic (exact) mass is 276 g/mol. The Bertz CT molecular complexity index is 199. The number of thiol groups is 1. The summed E-state index contributed by atoms with van der Waals surface area (Å²) in [6.07, 6.45) is 1.76. The number of carboxylic acids is 1. The van der Waals surface area contributed by atoms with E-state index < -0.39 is 5.97 Å². The third kappa shape index (κ3) is 5.82. The highest BCUT2D eigenvalue weighted by molar-refractivity contribution is 7.81. The van der Waals surface area contributed by atoms with Crippen LogP contribution in [0.25, 0.3) is 0 Å². The fourth-order valence-corrected chi connectivity index (χ4v) is 1.95. The molecule has 0 amide bonds. The number of halogens is 2. The van der Waals surface area contributed by atoms with Gasteiger partial charge in [-0.15, -0.1) is 24.8 Å². The van der Waals surface area contributed by atoms with Gasteiger partial charge in [-0.3, -0.25) is 9.69 Å². The van der Waals surface area contributed by atoms with Gasteiger partial charge < -0.3 is 10.8 Å². The summed E-state index contributed by atoms with van der Waals surface area (Å²) in [7, 11) is 0. The molecule has 3 N–H and O–H groups in total. The van der Waals surface area contributed by atoms with Crippen molar-refractivity contribution >= 4 is 43.4 Å². The largest absolute Gasteiger partial charge is 0.481 e. The molecule has 92 valence electrons. The van der Waals surface area contributed by atoms with Crippen molar-refractivity contribution in [3.63, 3.8) is 0 Å². The minimum absolute atomic E-state index is 0.